The predicted octanol–water partition coefficient (Wildman–Crippen LogP) is 3.99. The van der Waals surface area contributed by atoms with Gasteiger partial charge in [0.25, 0.3) is 0 Å². The van der Waals surface area contributed by atoms with Crippen LogP contribution >= 0.6 is 0 Å². The fourth-order valence-electron chi connectivity index (χ4n) is 4.29. The first-order chi connectivity index (χ1) is 17.0. The molecule has 2 rings (SSSR count). The highest BCUT2D eigenvalue weighted by Gasteiger charge is 2.40. The summed E-state index contributed by atoms with van der Waals surface area (Å²) >= 11 is 0. The molecule has 0 aliphatic rings. The van der Waals surface area contributed by atoms with Gasteiger partial charge < -0.3 is 23.1 Å². The molecular weight excluding hydrogens is 472 g/mol. The molecule has 0 saturated heterocycles. The van der Waals surface area contributed by atoms with Gasteiger partial charge in [-0.05, 0) is 37.6 Å². The molecule has 0 aliphatic heterocycles. The van der Waals surface area contributed by atoms with Crippen molar-refractivity contribution in [2.75, 3.05) is 34.0 Å². The number of hydrogen-bond donors (Lipinski definition) is 0. The summed E-state index contributed by atoms with van der Waals surface area (Å²) in [5.41, 5.74) is -0.467. The van der Waals surface area contributed by atoms with Crippen LogP contribution in [0.15, 0.2) is 60.7 Å². The fourth-order valence-corrected chi connectivity index (χ4v) is 8.03. The van der Waals surface area contributed by atoms with Gasteiger partial charge in [-0.1, -0.05) is 93.3 Å². The quantitative estimate of drug-likeness (QED) is 0.190. The van der Waals surface area contributed by atoms with E-state index in [9.17, 15) is 0 Å². The fraction of sp³-hybridized carbons (Fsp3) is 0.571. The maximum absolute atomic E-state index is 5.88. The van der Waals surface area contributed by atoms with E-state index < -0.39 is 14.0 Å². The van der Waals surface area contributed by atoms with Crippen LogP contribution in [0.4, 0.5) is 0 Å². The Balaban J connectivity index is 0.000000350. The molecule has 0 spiro atoms. The Morgan fingerprint density at radius 2 is 1.20 bits per heavy atom. The molecule has 2 aromatic rings. The van der Waals surface area contributed by atoms with Crippen LogP contribution in [0.2, 0.25) is 0 Å². The molecule has 198 valence electrons. The molecule has 1 atom stereocenters. The molecule has 35 heavy (non-hydrogen) atoms. The van der Waals surface area contributed by atoms with Crippen molar-refractivity contribution in [3.63, 3.8) is 0 Å². The van der Waals surface area contributed by atoms with Crippen LogP contribution in [-0.4, -0.2) is 64.4 Å². The minimum Gasteiger partial charge on any atom is -0.391 e. The smallest absolute Gasteiger partial charge is 0.391 e. The number of hydrogen-bond acceptors (Lipinski definition) is 5. The summed E-state index contributed by atoms with van der Waals surface area (Å²) in [6, 6.07) is 20.3. The zero-order chi connectivity index (χ0) is 26.0. The summed E-state index contributed by atoms with van der Waals surface area (Å²) in [7, 11) is 1.78. The molecule has 0 radical (unpaired) electrons. The molecule has 0 N–H and O–H groups in total. The molecule has 0 fully saturated rings. The van der Waals surface area contributed by atoms with Crippen molar-refractivity contribution in [2.24, 2.45) is 0 Å². The minimum absolute atomic E-state index is 0.0888. The van der Waals surface area contributed by atoms with E-state index in [1.807, 2.05) is 57.2 Å². The lowest BCUT2D eigenvalue weighted by atomic mass is 10.1. The molecule has 7 heteroatoms. The molecule has 0 aliphatic carbocycles. The van der Waals surface area contributed by atoms with Gasteiger partial charge in [0.05, 0.1) is 10.2 Å². The van der Waals surface area contributed by atoms with Gasteiger partial charge in [0.2, 0.25) is 0 Å². The summed E-state index contributed by atoms with van der Waals surface area (Å²) in [6.07, 6.45) is 6.17. The third-order valence-electron chi connectivity index (χ3n) is 6.02. The normalized spacial score (nSPS) is 12.7. The topological polar surface area (TPSA) is 46.2 Å². The Bertz CT molecular complexity index is 709. The van der Waals surface area contributed by atoms with Crippen molar-refractivity contribution < 1.29 is 23.1 Å². The number of ether oxygens (including phenoxy) is 3. The van der Waals surface area contributed by atoms with E-state index >= 15 is 0 Å². The van der Waals surface area contributed by atoms with E-state index in [2.05, 4.69) is 31.2 Å². The van der Waals surface area contributed by atoms with Crippen LogP contribution in [-0.2, 0) is 23.1 Å². The van der Waals surface area contributed by atoms with Crippen molar-refractivity contribution in [3.05, 3.63) is 60.7 Å². The summed E-state index contributed by atoms with van der Waals surface area (Å²) in [5, 5.41) is 2.24. The lowest BCUT2D eigenvalue weighted by Crippen LogP contribution is -2.62. The van der Waals surface area contributed by atoms with Gasteiger partial charge in [-0.15, -0.1) is 0 Å². The lowest BCUT2D eigenvalue weighted by Gasteiger charge is -2.37. The van der Waals surface area contributed by atoms with E-state index in [0.717, 1.165) is 33.6 Å². The third kappa shape index (κ3) is 9.92. The van der Waals surface area contributed by atoms with Crippen LogP contribution in [0.5, 0.6) is 0 Å². The second-order valence-electron chi connectivity index (χ2n) is 8.43. The average molecular weight is 521 g/mol. The maximum Gasteiger partial charge on any atom is 0.406 e. The van der Waals surface area contributed by atoms with Gasteiger partial charge in [0.1, 0.15) is 6.10 Å². The van der Waals surface area contributed by atoms with Gasteiger partial charge in [-0.3, -0.25) is 0 Å². The van der Waals surface area contributed by atoms with Gasteiger partial charge in [-0.2, -0.15) is 0 Å². The molecule has 0 aromatic heterocycles. The van der Waals surface area contributed by atoms with Crippen molar-refractivity contribution >= 4 is 29.2 Å². The molecular formula is C28H48O5Si2. The molecule has 0 saturated carbocycles. The van der Waals surface area contributed by atoms with E-state index in [0.29, 0.717) is 13.2 Å². The number of unbranched alkanes of at least 4 members (excludes halogenated alkanes) is 3. The van der Waals surface area contributed by atoms with Gasteiger partial charge in [-0.25, -0.2) is 0 Å². The monoisotopic (exact) mass is 520 g/mol. The Hall–Kier alpha value is -1.33. The first kappa shape index (κ1) is 31.7. The van der Waals surface area contributed by atoms with E-state index in [1.54, 1.807) is 14.2 Å². The summed E-state index contributed by atoms with van der Waals surface area (Å²) in [5.74, 6) is 0. The second kappa shape index (κ2) is 18.0. The van der Waals surface area contributed by atoms with Crippen LogP contribution in [0.3, 0.4) is 0 Å². The maximum atomic E-state index is 5.88. The largest absolute Gasteiger partial charge is 0.406 e. The zero-order valence-corrected chi connectivity index (χ0v) is 26.0. The van der Waals surface area contributed by atoms with E-state index in [-0.39, 0.29) is 6.10 Å². The molecule has 5 nitrogen and oxygen atoms in total. The predicted molar refractivity (Wildman–Crippen MR) is 152 cm³/mol. The first-order valence-corrected chi connectivity index (χ1v) is 15.9. The summed E-state index contributed by atoms with van der Waals surface area (Å²) < 4.78 is 29.1. The van der Waals surface area contributed by atoms with Gasteiger partial charge in [0, 0.05) is 34.0 Å². The van der Waals surface area contributed by atoms with Crippen LogP contribution in [0.25, 0.3) is 0 Å². The number of benzene rings is 2. The van der Waals surface area contributed by atoms with Crippen molar-refractivity contribution in [2.45, 2.75) is 71.3 Å². The van der Waals surface area contributed by atoms with Crippen LogP contribution < -0.4 is 10.4 Å². The summed E-state index contributed by atoms with van der Waals surface area (Å²) in [4.78, 5) is 0. The Morgan fingerprint density at radius 1 is 0.714 bits per heavy atom. The molecule has 0 amide bonds. The molecule has 2 aromatic carbocycles. The van der Waals surface area contributed by atoms with Crippen molar-refractivity contribution in [1.82, 2.24) is 0 Å². The average Bonchev–Trinajstić information content (AvgIpc) is 2.89. The number of rotatable bonds is 16. The van der Waals surface area contributed by atoms with E-state index in [1.165, 1.54) is 25.7 Å². The second-order valence-corrected chi connectivity index (χ2v) is 13.0. The lowest BCUT2D eigenvalue weighted by molar-refractivity contribution is -0.237. The van der Waals surface area contributed by atoms with Crippen molar-refractivity contribution in [1.29, 1.82) is 0 Å². The zero-order valence-electron chi connectivity index (χ0n) is 23.0. The van der Waals surface area contributed by atoms with E-state index in [4.69, 9.17) is 23.1 Å². The van der Waals surface area contributed by atoms with Crippen molar-refractivity contribution in [3.8, 4) is 0 Å². The highest BCUT2D eigenvalue weighted by atomic mass is 28.4. The highest BCUT2D eigenvalue weighted by Crippen LogP contribution is 2.23. The standard InChI is InChI=1S/C14H32O3Si.C14H16O2Si/c1-5-9-10-11-12-13(15-6-2)14(18,16-7-3)17-8-4;1-15-17(16-2,13-9-5-3-6-10-13)14-11-7-4-8-12-14/h13H,5-12H2,1-4,18H3;3-12H,1-2H3. The SMILES string of the molecule is CCCCCCC(OCC)C([SiH3])(OCC)OCC.CO[Si](OC)(c1ccccc1)c1ccccc1. The minimum atomic E-state index is -2.50. The van der Waals surface area contributed by atoms with Crippen LogP contribution in [0.1, 0.15) is 59.8 Å². The summed E-state index contributed by atoms with van der Waals surface area (Å²) in [6.45, 7) is 10.4. The highest BCUT2D eigenvalue weighted by molar-refractivity contribution is 6.92. The molecule has 0 heterocycles. The first-order valence-electron chi connectivity index (χ1n) is 13.1. The Kier molecular flexibility index (Phi) is 16.3. The Labute approximate surface area is 218 Å². The molecule has 0 bridgehead atoms. The molecule has 1 unspecified atom stereocenters. The Morgan fingerprint density at radius 3 is 1.57 bits per heavy atom. The van der Waals surface area contributed by atoms with Gasteiger partial charge in [0.15, 0.2) is 5.41 Å². The van der Waals surface area contributed by atoms with Gasteiger partial charge >= 0.3 is 8.56 Å². The van der Waals surface area contributed by atoms with Crippen LogP contribution in [0, 0.1) is 0 Å². The third-order valence-corrected chi connectivity index (χ3v) is 10.6.